The van der Waals surface area contributed by atoms with Gasteiger partial charge in [-0.15, -0.1) is 0 Å². The van der Waals surface area contributed by atoms with E-state index in [9.17, 15) is 0 Å². The number of aromatic nitrogens is 4. The summed E-state index contributed by atoms with van der Waals surface area (Å²) in [6.07, 6.45) is 6.96. The lowest BCUT2D eigenvalue weighted by Crippen LogP contribution is -2.34. The van der Waals surface area contributed by atoms with Gasteiger partial charge in [-0.2, -0.15) is 0 Å². The second kappa shape index (κ2) is 8.99. The highest BCUT2D eigenvalue weighted by Gasteiger charge is 2.26. The van der Waals surface area contributed by atoms with Crippen molar-refractivity contribution in [3.8, 4) is 17.1 Å². The van der Waals surface area contributed by atoms with Gasteiger partial charge in [-0.25, -0.2) is 15.0 Å². The molecule has 2 N–H and O–H groups in total. The van der Waals surface area contributed by atoms with Gasteiger partial charge in [-0.3, -0.25) is 4.57 Å². The molecule has 0 amide bonds. The standard InChI is InChI=1S/C24H22Cl3N5/c25-15-5-8-17(9-6-15)32-23(18-10-7-16(26)12-19(18)27)31-22-21(29-13-30-24(22)32)11-14-3-1-2-4-20(14)28/h5-10,12-14,20H,1-4,11,28H2. The van der Waals surface area contributed by atoms with Crippen molar-refractivity contribution in [1.82, 2.24) is 19.5 Å². The van der Waals surface area contributed by atoms with Crippen molar-refractivity contribution < 1.29 is 0 Å². The molecule has 1 saturated carbocycles. The summed E-state index contributed by atoms with van der Waals surface area (Å²) < 4.78 is 1.99. The third-order valence-electron chi connectivity index (χ3n) is 6.20. The van der Waals surface area contributed by atoms with Gasteiger partial charge in [0.05, 0.1) is 10.7 Å². The average molecular weight is 487 g/mol. The minimum atomic E-state index is 0.192. The predicted molar refractivity (Wildman–Crippen MR) is 131 cm³/mol. The largest absolute Gasteiger partial charge is 0.327 e. The lowest BCUT2D eigenvalue weighted by atomic mass is 9.82. The normalized spacial score (nSPS) is 18.9. The predicted octanol–water partition coefficient (Wildman–Crippen LogP) is 6.50. The molecule has 0 aliphatic heterocycles. The highest BCUT2D eigenvalue weighted by atomic mass is 35.5. The first-order valence-corrected chi connectivity index (χ1v) is 11.8. The first kappa shape index (κ1) is 21.7. The molecule has 2 aromatic heterocycles. The number of rotatable bonds is 4. The lowest BCUT2D eigenvalue weighted by Gasteiger charge is -2.28. The molecule has 4 aromatic rings. The summed E-state index contributed by atoms with van der Waals surface area (Å²) in [5.74, 6) is 1.07. The number of nitrogens with zero attached hydrogens (tertiary/aromatic N) is 4. The highest BCUT2D eigenvalue weighted by molar-refractivity contribution is 6.36. The fourth-order valence-electron chi connectivity index (χ4n) is 4.51. The van der Waals surface area contributed by atoms with Gasteiger partial charge in [-0.05, 0) is 67.6 Å². The van der Waals surface area contributed by atoms with E-state index in [1.165, 1.54) is 12.8 Å². The Hall–Kier alpha value is -2.18. The summed E-state index contributed by atoms with van der Waals surface area (Å²) in [5.41, 5.74) is 10.5. The van der Waals surface area contributed by atoms with Gasteiger partial charge in [0.25, 0.3) is 0 Å². The van der Waals surface area contributed by atoms with Crippen LogP contribution in [0.5, 0.6) is 0 Å². The number of hydrogen-bond donors (Lipinski definition) is 1. The Bertz CT molecular complexity index is 1270. The third kappa shape index (κ3) is 4.11. The van der Waals surface area contributed by atoms with Crippen molar-refractivity contribution in [2.75, 3.05) is 0 Å². The van der Waals surface area contributed by atoms with Crippen molar-refractivity contribution in [2.45, 2.75) is 38.1 Å². The van der Waals surface area contributed by atoms with Crippen LogP contribution in [-0.2, 0) is 6.42 Å². The Morgan fingerprint density at radius 2 is 1.69 bits per heavy atom. The van der Waals surface area contributed by atoms with Gasteiger partial charge in [0.2, 0.25) is 0 Å². The average Bonchev–Trinajstić information content (AvgIpc) is 3.16. The van der Waals surface area contributed by atoms with E-state index in [2.05, 4.69) is 9.97 Å². The second-order valence-electron chi connectivity index (χ2n) is 8.28. The molecule has 5 nitrogen and oxygen atoms in total. The molecule has 1 aliphatic rings. The Balaban J connectivity index is 1.70. The molecule has 0 radical (unpaired) electrons. The fourth-order valence-corrected chi connectivity index (χ4v) is 5.13. The van der Waals surface area contributed by atoms with Gasteiger partial charge in [0.1, 0.15) is 17.7 Å². The van der Waals surface area contributed by atoms with Crippen LogP contribution in [0.25, 0.3) is 28.2 Å². The van der Waals surface area contributed by atoms with Gasteiger partial charge in [-0.1, -0.05) is 47.6 Å². The van der Waals surface area contributed by atoms with E-state index in [0.29, 0.717) is 26.8 Å². The topological polar surface area (TPSA) is 69.6 Å². The van der Waals surface area contributed by atoms with Crippen molar-refractivity contribution >= 4 is 46.0 Å². The van der Waals surface area contributed by atoms with Crippen LogP contribution in [0, 0.1) is 5.92 Å². The van der Waals surface area contributed by atoms with Crippen LogP contribution >= 0.6 is 34.8 Å². The molecule has 5 rings (SSSR count). The summed E-state index contributed by atoms with van der Waals surface area (Å²) in [6.45, 7) is 0. The number of benzene rings is 2. The molecule has 32 heavy (non-hydrogen) atoms. The maximum absolute atomic E-state index is 6.58. The van der Waals surface area contributed by atoms with Gasteiger partial charge < -0.3 is 5.73 Å². The molecule has 1 fully saturated rings. The molecule has 0 bridgehead atoms. The summed E-state index contributed by atoms with van der Waals surface area (Å²) in [7, 11) is 0. The molecular formula is C24H22Cl3N5. The maximum Gasteiger partial charge on any atom is 0.168 e. The third-order valence-corrected chi connectivity index (χ3v) is 7.00. The van der Waals surface area contributed by atoms with Crippen molar-refractivity contribution in [3.05, 3.63) is 69.6 Å². The van der Waals surface area contributed by atoms with Crippen LogP contribution < -0.4 is 5.73 Å². The molecule has 2 unspecified atom stereocenters. The molecule has 2 heterocycles. The smallest absolute Gasteiger partial charge is 0.168 e. The zero-order valence-electron chi connectivity index (χ0n) is 17.3. The lowest BCUT2D eigenvalue weighted by molar-refractivity contribution is 0.305. The van der Waals surface area contributed by atoms with Crippen LogP contribution in [-0.4, -0.2) is 25.6 Å². The highest BCUT2D eigenvalue weighted by Crippen LogP contribution is 2.35. The minimum absolute atomic E-state index is 0.192. The Labute approximate surface area is 201 Å². The van der Waals surface area contributed by atoms with E-state index < -0.39 is 0 Å². The van der Waals surface area contributed by atoms with Crippen LogP contribution in [0.4, 0.5) is 0 Å². The monoisotopic (exact) mass is 485 g/mol. The summed E-state index contributed by atoms with van der Waals surface area (Å²) >= 11 is 18.9. The van der Waals surface area contributed by atoms with Gasteiger partial charge in [0.15, 0.2) is 5.65 Å². The summed E-state index contributed by atoms with van der Waals surface area (Å²) in [4.78, 5) is 14.2. The quantitative estimate of drug-likeness (QED) is 0.357. The first-order chi connectivity index (χ1) is 15.5. The van der Waals surface area contributed by atoms with Gasteiger partial charge >= 0.3 is 0 Å². The van der Waals surface area contributed by atoms with Crippen LogP contribution in [0.2, 0.25) is 15.1 Å². The molecule has 2 aromatic carbocycles. The Morgan fingerprint density at radius 1 is 0.938 bits per heavy atom. The van der Waals surface area contributed by atoms with Crippen LogP contribution in [0.1, 0.15) is 31.4 Å². The Morgan fingerprint density at radius 3 is 2.44 bits per heavy atom. The van der Waals surface area contributed by atoms with E-state index >= 15 is 0 Å². The van der Waals surface area contributed by atoms with Crippen LogP contribution in [0.15, 0.2) is 48.8 Å². The molecule has 1 aliphatic carbocycles. The maximum atomic E-state index is 6.58. The van der Waals surface area contributed by atoms with E-state index in [-0.39, 0.29) is 6.04 Å². The molecule has 164 valence electrons. The van der Waals surface area contributed by atoms with E-state index in [0.717, 1.165) is 47.4 Å². The number of imidazole rings is 1. The summed E-state index contributed by atoms with van der Waals surface area (Å²) in [6, 6.07) is 13.2. The molecule has 0 saturated heterocycles. The molecule has 0 spiro atoms. The van der Waals surface area contributed by atoms with Crippen molar-refractivity contribution in [2.24, 2.45) is 11.7 Å². The number of fused-ring (bicyclic) bond motifs is 1. The van der Waals surface area contributed by atoms with Crippen LogP contribution in [0.3, 0.4) is 0 Å². The van der Waals surface area contributed by atoms with E-state index in [1.807, 2.05) is 41.0 Å². The zero-order chi connectivity index (χ0) is 22.2. The van der Waals surface area contributed by atoms with Crippen molar-refractivity contribution in [3.63, 3.8) is 0 Å². The minimum Gasteiger partial charge on any atom is -0.327 e. The van der Waals surface area contributed by atoms with E-state index in [4.69, 9.17) is 45.5 Å². The number of hydrogen-bond acceptors (Lipinski definition) is 4. The fraction of sp³-hybridized carbons (Fsp3) is 0.292. The van der Waals surface area contributed by atoms with Gasteiger partial charge in [0, 0.05) is 27.3 Å². The SMILES string of the molecule is NC1CCCCC1Cc1ncnc2c1nc(-c1ccc(Cl)cc1Cl)n2-c1ccc(Cl)cc1. The summed E-state index contributed by atoms with van der Waals surface area (Å²) in [5, 5.41) is 1.75. The number of nitrogens with two attached hydrogens (primary N) is 1. The zero-order valence-corrected chi connectivity index (χ0v) is 19.6. The first-order valence-electron chi connectivity index (χ1n) is 10.7. The second-order valence-corrected chi connectivity index (χ2v) is 9.56. The molecule has 2 atom stereocenters. The van der Waals surface area contributed by atoms with E-state index in [1.54, 1.807) is 12.4 Å². The number of halogens is 3. The van der Waals surface area contributed by atoms with Crippen molar-refractivity contribution in [1.29, 1.82) is 0 Å². The molecule has 8 heteroatoms. The Kier molecular flexibility index (Phi) is 6.08. The molecular weight excluding hydrogens is 465 g/mol.